The van der Waals surface area contributed by atoms with Crippen molar-refractivity contribution < 1.29 is 23.0 Å². The van der Waals surface area contributed by atoms with Crippen LogP contribution in [0.3, 0.4) is 0 Å². The van der Waals surface area contributed by atoms with E-state index in [4.69, 9.17) is 9.47 Å². The molecule has 128 valence electrons. The fourth-order valence-electron chi connectivity index (χ4n) is 1.84. The number of carbonyl (C=O) groups is 1. The number of halogens is 2. The number of ether oxygens (including phenoxy) is 2. The number of pyridine rings is 1. The van der Waals surface area contributed by atoms with Gasteiger partial charge in [0.2, 0.25) is 0 Å². The molecule has 0 aliphatic rings. The van der Waals surface area contributed by atoms with Gasteiger partial charge in [-0.3, -0.25) is 4.79 Å². The van der Waals surface area contributed by atoms with Crippen LogP contribution in [0.4, 0.5) is 8.78 Å². The van der Waals surface area contributed by atoms with Gasteiger partial charge < -0.3 is 14.8 Å². The van der Waals surface area contributed by atoms with Gasteiger partial charge in [0, 0.05) is 6.20 Å². The van der Waals surface area contributed by atoms with E-state index in [1.807, 2.05) is 0 Å². The molecule has 0 unspecified atom stereocenters. The van der Waals surface area contributed by atoms with Crippen molar-refractivity contribution in [1.29, 1.82) is 0 Å². The number of hydrogen-bond acceptors (Lipinski definition) is 5. The summed E-state index contributed by atoms with van der Waals surface area (Å²) in [7, 11) is 1.57. The van der Waals surface area contributed by atoms with E-state index in [0.717, 1.165) is 5.75 Å². The highest BCUT2D eigenvalue weighted by Crippen LogP contribution is 2.26. The minimum Gasteiger partial charge on any atom is -0.497 e. The van der Waals surface area contributed by atoms with Gasteiger partial charge in [-0.05, 0) is 48.2 Å². The number of hydrogen-bond donors (Lipinski definition) is 1. The number of benzene rings is 1. The first-order chi connectivity index (χ1) is 11.6. The van der Waals surface area contributed by atoms with Crippen molar-refractivity contribution in [2.45, 2.75) is 10.8 Å². The van der Waals surface area contributed by atoms with Crippen LogP contribution in [0, 0.1) is 0 Å². The predicted octanol–water partition coefficient (Wildman–Crippen LogP) is 3.21. The molecule has 1 N–H and O–H groups in total. The Morgan fingerprint density at radius 3 is 2.62 bits per heavy atom. The highest BCUT2D eigenvalue weighted by Gasteiger charge is 2.16. The molecule has 1 heterocycles. The Bertz CT molecular complexity index is 669. The van der Waals surface area contributed by atoms with Gasteiger partial charge in [-0.2, -0.15) is 8.78 Å². The highest BCUT2D eigenvalue weighted by molar-refractivity contribution is 7.99. The monoisotopic (exact) mass is 354 g/mol. The van der Waals surface area contributed by atoms with E-state index in [1.165, 1.54) is 18.3 Å². The van der Waals surface area contributed by atoms with E-state index in [0.29, 0.717) is 5.75 Å². The molecule has 0 aliphatic carbocycles. The Hall–Kier alpha value is -2.35. The molecule has 2 aromatic rings. The summed E-state index contributed by atoms with van der Waals surface area (Å²) >= 11 is 0.245. The summed E-state index contributed by atoms with van der Waals surface area (Å²) in [5.41, 5.74) is 0.118. The third kappa shape index (κ3) is 5.38. The summed E-state index contributed by atoms with van der Waals surface area (Å²) in [6, 6.07) is 10.0. The average Bonchev–Trinajstić information content (AvgIpc) is 2.59. The summed E-state index contributed by atoms with van der Waals surface area (Å²) in [5, 5.41) is 2.62. The molecule has 0 fully saturated rings. The van der Waals surface area contributed by atoms with Crippen LogP contribution in [0.5, 0.6) is 11.5 Å². The molecular weight excluding hydrogens is 338 g/mol. The SMILES string of the molecule is COc1ccc(OCCNC(=O)c2cccnc2SC(F)F)cc1. The Morgan fingerprint density at radius 1 is 1.25 bits per heavy atom. The van der Waals surface area contributed by atoms with Gasteiger partial charge in [-0.15, -0.1) is 0 Å². The van der Waals surface area contributed by atoms with Crippen molar-refractivity contribution in [3.8, 4) is 11.5 Å². The van der Waals surface area contributed by atoms with Gasteiger partial charge in [-0.25, -0.2) is 4.98 Å². The smallest absolute Gasteiger partial charge is 0.290 e. The van der Waals surface area contributed by atoms with Crippen LogP contribution in [-0.2, 0) is 0 Å². The van der Waals surface area contributed by atoms with Crippen molar-refractivity contribution in [2.75, 3.05) is 20.3 Å². The predicted molar refractivity (Wildman–Crippen MR) is 86.9 cm³/mol. The minimum absolute atomic E-state index is 0.000993. The Balaban J connectivity index is 1.82. The number of rotatable bonds is 8. The number of alkyl halides is 2. The maximum Gasteiger partial charge on any atom is 0.290 e. The Morgan fingerprint density at radius 2 is 1.96 bits per heavy atom. The molecule has 1 amide bonds. The zero-order chi connectivity index (χ0) is 17.4. The van der Waals surface area contributed by atoms with Gasteiger partial charge >= 0.3 is 0 Å². The molecule has 0 bridgehead atoms. The maximum atomic E-state index is 12.5. The fraction of sp³-hybridized carbons (Fsp3) is 0.250. The number of amides is 1. The third-order valence-electron chi connectivity index (χ3n) is 2.93. The zero-order valence-corrected chi connectivity index (χ0v) is 13.7. The lowest BCUT2D eigenvalue weighted by Crippen LogP contribution is -2.28. The summed E-state index contributed by atoms with van der Waals surface area (Å²) in [4.78, 5) is 15.9. The second kappa shape index (κ2) is 9.07. The summed E-state index contributed by atoms with van der Waals surface area (Å²) in [5.74, 6) is -1.74. The van der Waals surface area contributed by atoms with Crippen LogP contribution in [0.1, 0.15) is 10.4 Å². The normalized spacial score (nSPS) is 10.5. The average molecular weight is 354 g/mol. The molecule has 8 heteroatoms. The number of methoxy groups -OCH3 is 1. The first-order valence-corrected chi connectivity index (χ1v) is 7.93. The second-order valence-electron chi connectivity index (χ2n) is 4.51. The van der Waals surface area contributed by atoms with Crippen LogP contribution in [-0.4, -0.2) is 36.9 Å². The van der Waals surface area contributed by atoms with Gasteiger partial charge in [0.25, 0.3) is 11.7 Å². The number of nitrogens with zero attached hydrogens (tertiary/aromatic N) is 1. The van der Waals surface area contributed by atoms with Gasteiger partial charge in [0.05, 0.1) is 19.2 Å². The lowest BCUT2D eigenvalue weighted by Gasteiger charge is -2.10. The topological polar surface area (TPSA) is 60.5 Å². The van der Waals surface area contributed by atoms with Crippen molar-refractivity contribution in [3.05, 3.63) is 48.2 Å². The van der Waals surface area contributed by atoms with E-state index < -0.39 is 11.7 Å². The van der Waals surface area contributed by atoms with Gasteiger partial charge in [0.1, 0.15) is 23.1 Å². The van der Waals surface area contributed by atoms with E-state index in [9.17, 15) is 13.6 Å². The first-order valence-electron chi connectivity index (χ1n) is 7.05. The lowest BCUT2D eigenvalue weighted by atomic mass is 10.2. The van der Waals surface area contributed by atoms with Crippen LogP contribution >= 0.6 is 11.8 Å². The zero-order valence-electron chi connectivity index (χ0n) is 12.9. The van der Waals surface area contributed by atoms with Crippen molar-refractivity contribution in [1.82, 2.24) is 10.3 Å². The molecule has 0 saturated carbocycles. The Labute approximate surface area is 142 Å². The second-order valence-corrected chi connectivity index (χ2v) is 5.49. The molecule has 2 rings (SSSR count). The molecule has 0 spiro atoms. The lowest BCUT2D eigenvalue weighted by molar-refractivity contribution is 0.0943. The maximum absolute atomic E-state index is 12.5. The number of carbonyl (C=O) groups excluding carboxylic acids is 1. The Kier molecular flexibility index (Phi) is 6.80. The van der Waals surface area contributed by atoms with E-state index >= 15 is 0 Å². The standard InChI is InChI=1S/C16H16F2N2O3S/c1-22-11-4-6-12(7-5-11)23-10-9-19-14(21)13-3-2-8-20-15(13)24-16(17)18/h2-8,16H,9-10H2,1H3,(H,19,21). The fourth-order valence-corrected chi connectivity index (χ4v) is 2.42. The van der Waals surface area contributed by atoms with Gasteiger partial charge in [-0.1, -0.05) is 0 Å². The molecule has 24 heavy (non-hydrogen) atoms. The number of nitrogens with one attached hydrogen (secondary N) is 1. The molecule has 5 nitrogen and oxygen atoms in total. The summed E-state index contributed by atoms with van der Waals surface area (Å²) in [6.45, 7) is 0.480. The largest absolute Gasteiger partial charge is 0.497 e. The quantitative estimate of drug-likeness (QED) is 0.583. The third-order valence-corrected chi connectivity index (χ3v) is 3.66. The highest BCUT2D eigenvalue weighted by atomic mass is 32.2. The molecule has 0 radical (unpaired) electrons. The van der Waals surface area contributed by atoms with E-state index in [-0.39, 0.29) is 35.5 Å². The van der Waals surface area contributed by atoms with E-state index in [1.54, 1.807) is 31.4 Å². The molecule has 0 aliphatic heterocycles. The summed E-state index contributed by atoms with van der Waals surface area (Å²) < 4.78 is 35.5. The first kappa shape index (κ1) is 18.0. The molecule has 1 aromatic carbocycles. The minimum atomic E-state index is -2.63. The molecule has 0 saturated heterocycles. The van der Waals surface area contributed by atoms with Crippen LogP contribution in [0.15, 0.2) is 47.6 Å². The van der Waals surface area contributed by atoms with Gasteiger partial charge in [0.15, 0.2) is 0 Å². The van der Waals surface area contributed by atoms with Crippen LogP contribution in [0.2, 0.25) is 0 Å². The molecule has 0 atom stereocenters. The molecule has 1 aromatic heterocycles. The summed E-state index contributed by atoms with van der Waals surface area (Å²) in [6.07, 6.45) is 1.37. The number of thioether (sulfide) groups is 1. The molecular formula is C16H16F2N2O3S. The number of aromatic nitrogens is 1. The van der Waals surface area contributed by atoms with Crippen molar-refractivity contribution >= 4 is 17.7 Å². The van der Waals surface area contributed by atoms with E-state index in [2.05, 4.69) is 10.3 Å². The van der Waals surface area contributed by atoms with Crippen molar-refractivity contribution in [3.63, 3.8) is 0 Å². The van der Waals surface area contributed by atoms with Crippen LogP contribution < -0.4 is 14.8 Å². The van der Waals surface area contributed by atoms with Crippen molar-refractivity contribution in [2.24, 2.45) is 0 Å². The van der Waals surface area contributed by atoms with Crippen LogP contribution in [0.25, 0.3) is 0 Å².